The highest BCUT2D eigenvalue weighted by atomic mass is 16.5. The lowest BCUT2D eigenvalue weighted by molar-refractivity contribution is 0.0689. The van der Waals surface area contributed by atoms with E-state index in [1.54, 1.807) is 19.1 Å². The second-order valence-corrected chi connectivity index (χ2v) is 6.80. The first-order valence-electron chi connectivity index (χ1n) is 9.49. The van der Waals surface area contributed by atoms with E-state index in [4.69, 9.17) is 9.47 Å². The molecule has 0 saturated heterocycles. The van der Waals surface area contributed by atoms with Crippen LogP contribution in [0.5, 0.6) is 11.5 Å². The molecule has 0 amide bonds. The van der Waals surface area contributed by atoms with E-state index >= 15 is 0 Å². The third kappa shape index (κ3) is 4.38. The summed E-state index contributed by atoms with van der Waals surface area (Å²) in [5.74, 6) is -0.103. The summed E-state index contributed by atoms with van der Waals surface area (Å²) in [6.07, 6.45) is 0. The van der Waals surface area contributed by atoms with Gasteiger partial charge < -0.3 is 14.6 Å². The third-order valence-corrected chi connectivity index (χ3v) is 4.58. The minimum Gasteiger partial charge on any atom is -0.485 e. The zero-order valence-electron chi connectivity index (χ0n) is 16.4. The predicted octanol–water partition coefficient (Wildman–Crippen LogP) is 4.79. The maximum absolute atomic E-state index is 11.4. The van der Waals surface area contributed by atoms with Gasteiger partial charge >= 0.3 is 5.97 Å². The number of fused-ring (bicyclic) bond motifs is 1. The summed E-state index contributed by atoms with van der Waals surface area (Å²) in [5, 5.41) is 9.35. The molecule has 6 nitrogen and oxygen atoms in total. The summed E-state index contributed by atoms with van der Waals surface area (Å²) in [7, 11) is 0. The van der Waals surface area contributed by atoms with Crippen LogP contribution in [0.15, 0.2) is 72.8 Å². The van der Waals surface area contributed by atoms with Crippen molar-refractivity contribution in [3.63, 3.8) is 0 Å². The van der Waals surface area contributed by atoms with Gasteiger partial charge in [-0.25, -0.2) is 14.8 Å². The van der Waals surface area contributed by atoms with Crippen molar-refractivity contribution >= 4 is 17.0 Å². The molecule has 1 N–H and O–H groups in total. The Labute approximate surface area is 173 Å². The second-order valence-electron chi connectivity index (χ2n) is 6.80. The number of benzene rings is 3. The normalized spacial score (nSPS) is 10.7. The fourth-order valence-electron chi connectivity index (χ4n) is 3.05. The van der Waals surface area contributed by atoms with Crippen LogP contribution in [-0.4, -0.2) is 21.0 Å². The molecular weight excluding hydrogens is 380 g/mol. The molecule has 0 aliphatic carbocycles. The highest BCUT2D eigenvalue weighted by molar-refractivity contribution is 5.90. The van der Waals surface area contributed by atoms with Gasteiger partial charge in [0.1, 0.15) is 13.2 Å². The number of carboxylic acids is 1. The van der Waals surface area contributed by atoms with Gasteiger partial charge in [0.05, 0.1) is 16.7 Å². The third-order valence-electron chi connectivity index (χ3n) is 4.58. The minimum absolute atomic E-state index is 0.0746. The van der Waals surface area contributed by atoms with E-state index < -0.39 is 5.97 Å². The molecule has 0 spiro atoms. The van der Waals surface area contributed by atoms with Crippen LogP contribution in [0.2, 0.25) is 0 Å². The van der Waals surface area contributed by atoms with E-state index in [-0.39, 0.29) is 5.69 Å². The topological polar surface area (TPSA) is 81.5 Å². The molecule has 0 aliphatic heterocycles. The van der Waals surface area contributed by atoms with E-state index in [1.807, 2.05) is 60.7 Å². The van der Waals surface area contributed by atoms with Gasteiger partial charge in [0.25, 0.3) is 0 Å². The number of carboxylic acid groups (broad SMARTS) is 1. The van der Waals surface area contributed by atoms with E-state index in [0.29, 0.717) is 41.4 Å². The molecule has 0 saturated carbocycles. The Morgan fingerprint density at radius 1 is 0.800 bits per heavy atom. The molecule has 0 bridgehead atoms. The van der Waals surface area contributed by atoms with Crippen molar-refractivity contribution in [3.8, 4) is 11.5 Å². The van der Waals surface area contributed by atoms with Gasteiger partial charge in [-0.2, -0.15) is 0 Å². The molecular formula is C24H20N2O4. The Balaban J connectivity index is 1.69. The molecule has 150 valence electrons. The van der Waals surface area contributed by atoms with E-state index in [1.165, 1.54) is 0 Å². The van der Waals surface area contributed by atoms with Crippen LogP contribution in [0, 0.1) is 6.92 Å². The number of nitrogens with zero attached hydrogens (tertiary/aromatic N) is 2. The van der Waals surface area contributed by atoms with Crippen molar-refractivity contribution in [1.29, 1.82) is 0 Å². The summed E-state index contributed by atoms with van der Waals surface area (Å²) in [4.78, 5) is 20.1. The van der Waals surface area contributed by atoms with Crippen molar-refractivity contribution in [2.45, 2.75) is 20.1 Å². The molecule has 6 heteroatoms. The largest absolute Gasteiger partial charge is 0.485 e. The number of hydrogen-bond donors (Lipinski definition) is 1. The molecule has 0 unspecified atom stereocenters. The fraction of sp³-hybridized carbons (Fsp3) is 0.125. The van der Waals surface area contributed by atoms with Crippen LogP contribution in [-0.2, 0) is 13.2 Å². The van der Waals surface area contributed by atoms with E-state index in [2.05, 4.69) is 9.97 Å². The van der Waals surface area contributed by atoms with Crippen molar-refractivity contribution in [1.82, 2.24) is 9.97 Å². The number of aromatic carboxylic acids is 1. The van der Waals surface area contributed by atoms with Crippen molar-refractivity contribution in [2.75, 3.05) is 0 Å². The van der Waals surface area contributed by atoms with Gasteiger partial charge in [0.2, 0.25) is 0 Å². The van der Waals surface area contributed by atoms with Gasteiger partial charge in [0, 0.05) is 12.1 Å². The lowest BCUT2D eigenvalue weighted by Crippen LogP contribution is -2.07. The minimum atomic E-state index is -1.11. The summed E-state index contributed by atoms with van der Waals surface area (Å²) >= 11 is 0. The van der Waals surface area contributed by atoms with Crippen LogP contribution < -0.4 is 9.47 Å². The van der Waals surface area contributed by atoms with Gasteiger partial charge in [-0.05, 0) is 18.1 Å². The van der Waals surface area contributed by atoms with Gasteiger partial charge in [0.15, 0.2) is 17.2 Å². The Bertz CT molecular complexity index is 1180. The standard InChI is InChI=1S/C24H20N2O4/c1-16-23(24(27)28)26-20-13-22(30-15-18-10-6-3-7-11-18)21(12-19(20)25-16)29-14-17-8-4-2-5-9-17/h2-13H,14-15H2,1H3,(H,27,28). The number of aromatic nitrogens is 2. The molecule has 1 aromatic heterocycles. The first kappa shape index (κ1) is 19.4. The number of ether oxygens (including phenoxy) is 2. The molecule has 30 heavy (non-hydrogen) atoms. The fourth-order valence-corrected chi connectivity index (χ4v) is 3.05. The molecule has 1 heterocycles. The van der Waals surface area contributed by atoms with Gasteiger partial charge in [-0.3, -0.25) is 0 Å². The molecule has 4 aromatic rings. The smallest absolute Gasteiger partial charge is 0.356 e. The van der Waals surface area contributed by atoms with Crippen LogP contribution in [0.4, 0.5) is 0 Å². The molecule has 4 rings (SSSR count). The molecule has 0 fully saturated rings. The molecule has 3 aromatic carbocycles. The lowest BCUT2D eigenvalue weighted by atomic mass is 10.2. The second kappa shape index (κ2) is 8.61. The molecule has 0 aliphatic rings. The average Bonchev–Trinajstić information content (AvgIpc) is 2.77. The molecule has 0 atom stereocenters. The van der Waals surface area contributed by atoms with Crippen LogP contribution in [0.25, 0.3) is 11.0 Å². The maximum Gasteiger partial charge on any atom is 0.356 e. The summed E-state index contributed by atoms with van der Waals surface area (Å²) in [6.45, 7) is 2.34. The average molecular weight is 400 g/mol. The lowest BCUT2D eigenvalue weighted by Gasteiger charge is -2.14. The van der Waals surface area contributed by atoms with E-state index in [9.17, 15) is 9.90 Å². The molecule has 0 radical (unpaired) electrons. The maximum atomic E-state index is 11.4. The predicted molar refractivity (Wildman–Crippen MR) is 113 cm³/mol. The monoisotopic (exact) mass is 400 g/mol. The highest BCUT2D eigenvalue weighted by Crippen LogP contribution is 2.33. The number of hydrogen-bond acceptors (Lipinski definition) is 5. The van der Waals surface area contributed by atoms with Crippen molar-refractivity contribution in [2.24, 2.45) is 0 Å². The first-order chi connectivity index (χ1) is 14.6. The Morgan fingerprint density at radius 2 is 1.27 bits per heavy atom. The highest BCUT2D eigenvalue weighted by Gasteiger charge is 2.16. The SMILES string of the molecule is Cc1nc2cc(OCc3ccccc3)c(OCc3ccccc3)cc2nc1C(=O)O. The Morgan fingerprint density at radius 3 is 1.73 bits per heavy atom. The Hall–Kier alpha value is -3.93. The van der Waals surface area contributed by atoms with E-state index in [0.717, 1.165) is 11.1 Å². The zero-order valence-corrected chi connectivity index (χ0v) is 16.4. The summed E-state index contributed by atoms with van der Waals surface area (Å²) in [6, 6.07) is 23.0. The first-order valence-corrected chi connectivity index (χ1v) is 9.49. The van der Waals surface area contributed by atoms with Crippen LogP contribution in [0.1, 0.15) is 27.3 Å². The van der Waals surface area contributed by atoms with Crippen molar-refractivity contribution < 1.29 is 19.4 Å². The van der Waals surface area contributed by atoms with Gasteiger partial charge in [-0.1, -0.05) is 60.7 Å². The number of aryl methyl sites for hydroxylation is 1. The quantitative estimate of drug-likeness (QED) is 0.480. The van der Waals surface area contributed by atoms with Crippen LogP contribution in [0.3, 0.4) is 0 Å². The summed E-state index contributed by atoms with van der Waals surface area (Å²) < 4.78 is 12.0. The summed E-state index contributed by atoms with van der Waals surface area (Å²) in [5.41, 5.74) is 3.29. The zero-order chi connectivity index (χ0) is 20.9. The number of carbonyl (C=O) groups is 1. The van der Waals surface area contributed by atoms with Crippen LogP contribution >= 0.6 is 0 Å². The Kier molecular flexibility index (Phi) is 5.57. The van der Waals surface area contributed by atoms with Gasteiger partial charge in [-0.15, -0.1) is 0 Å². The number of rotatable bonds is 7. The van der Waals surface area contributed by atoms with Crippen molar-refractivity contribution in [3.05, 3.63) is 95.3 Å².